The van der Waals surface area contributed by atoms with Gasteiger partial charge in [0.25, 0.3) is 0 Å². The highest BCUT2D eigenvalue weighted by molar-refractivity contribution is 7.91. The Morgan fingerprint density at radius 2 is 1.88 bits per heavy atom. The van der Waals surface area contributed by atoms with Crippen molar-refractivity contribution in [2.24, 2.45) is 11.8 Å². The Kier molecular flexibility index (Phi) is 5.25. The Morgan fingerprint density at radius 1 is 1.25 bits per heavy atom. The molecule has 1 aliphatic rings. The second kappa shape index (κ2) is 6.01. The Bertz CT molecular complexity index is 298. The van der Waals surface area contributed by atoms with Gasteiger partial charge in [0, 0.05) is 0 Å². The Hall–Kier alpha value is -0.0900. The monoisotopic (exact) mass is 247 g/mol. The average molecular weight is 247 g/mol. The summed E-state index contributed by atoms with van der Waals surface area (Å²) >= 11 is 0. The van der Waals surface area contributed by atoms with E-state index in [1.165, 1.54) is 12.8 Å². The maximum Gasteiger partial charge on any atom is 0.152 e. The highest BCUT2D eigenvalue weighted by atomic mass is 32.2. The van der Waals surface area contributed by atoms with E-state index in [0.29, 0.717) is 17.6 Å². The normalized spacial score (nSPS) is 25.8. The predicted octanol–water partition coefficient (Wildman–Crippen LogP) is 1.84. The second-order valence-corrected chi connectivity index (χ2v) is 7.79. The van der Waals surface area contributed by atoms with E-state index in [1.54, 1.807) is 13.8 Å². The molecule has 1 rings (SSSR count). The maximum absolute atomic E-state index is 11.7. The van der Waals surface area contributed by atoms with Gasteiger partial charge in [-0.3, -0.25) is 0 Å². The van der Waals surface area contributed by atoms with Crippen LogP contribution >= 0.6 is 0 Å². The second-order valence-electron chi connectivity index (χ2n) is 5.11. The van der Waals surface area contributed by atoms with Crippen molar-refractivity contribution in [2.75, 3.05) is 18.8 Å². The quantitative estimate of drug-likeness (QED) is 0.746. The van der Waals surface area contributed by atoms with E-state index >= 15 is 0 Å². The van der Waals surface area contributed by atoms with Crippen LogP contribution in [-0.2, 0) is 9.84 Å². The molecule has 4 heteroatoms. The third-order valence-electron chi connectivity index (χ3n) is 3.72. The smallest absolute Gasteiger partial charge is 0.152 e. The van der Waals surface area contributed by atoms with Crippen LogP contribution < -0.4 is 5.32 Å². The molecule has 2 unspecified atom stereocenters. The molecule has 2 atom stereocenters. The van der Waals surface area contributed by atoms with Crippen molar-refractivity contribution in [3.63, 3.8) is 0 Å². The van der Waals surface area contributed by atoms with Gasteiger partial charge in [-0.25, -0.2) is 8.42 Å². The van der Waals surface area contributed by atoms with Crippen LogP contribution in [-0.4, -0.2) is 32.5 Å². The molecule has 16 heavy (non-hydrogen) atoms. The van der Waals surface area contributed by atoms with Gasteiger partial charge < -0.3 is 5.32 Å². The predicted molar refractivity (Wildman–Crippen MR) is 68.3 cm³/mol. The third kappa shape index (κ3) is 3.74. The fourth-order valence-corrected chi connectivity index (χ4v) is 3.27. The molecule has 0 aromatic heterocycles. The van der Waals surface area contributed by atoms with Crippen molar-refractivity contribution in [1.29, 1.82) is 0 Å². The van der Waals surface area contributed by atoms with Gasteiger partial charge in [0.15, 0.2) is 9.84 Å². The SMILES string of the molecule is CCNCC1CCC1CCS(=O)(=O)C(C)C. The van der Waals surface area contributed by atoms with Crippen LogP contribution in [0.25, 0.3) is 0 Å². The molecule has 0 aromatic carbocycles. The highest BCUT2D eigenvalue weighted by Gasteiger charge is 2.31. The van der Waals surface area contributed by atoms with Crippen molar-refractivity contribution in [1.82, 2.24) is 5.32 Å². The van der Waals surface area contributed by atoms with Crippen molar-refractivity contribution < 1.29 is 8.42 Å². The van der Waals surface area contributed by atoms with Crippen molar-refractivity contribution >= 4 is 9.84 Å². The number of sulfone groups is 1. The Labute approximate surface area is 99.9 Å². The molecule has 1 saturated carbocycles. The van der Waals surface area contributed by atoms with E-state index in [9.17, 15) is 8.42 Å². The van der Waals surface area contributed by atoms with E-state index in [1.807, 2.05) is 0 Å². The Morgan fingerprint density at radius 3 is 2.31 bits per heavy atom. The van der Waals surface area contributed by atoms with Crippen LogP contribution in [0.5, 0.6) is 0 Å². The largest absolute Gasteiger partial charge is 0.317 e. The topological polar surface area (TPSA) is 46.2 Å². The lowest BCUT2D eigenvalue weighted by molar-refractivity contribution is 0.168. The molecule has 0 aliphatic heterocycles. The number of rotatable bonds is 7. The molecule has 3 nitrogen and oxygen atoms in total. The van der Waals surface area contributed by atoms with Crippen LogP contribution in [0.15, 0.2) is 0 Å². The van der Waals surface area contributed by atoms with Gasteiger partial charge in [0.1, 0.15) is 0 Å². The van der Waals surface area contributed by atoms with Gasteiger partial charge in [-0.2, -0.15) is 0 Å². The van der Waals surface area contributed by atoms with Crippen molar-refractivity contribution in [3.8, 4) is 0 Å². The van der Waals surface area contributed by atoms with Crippen LogP contribution in [0.1, 0.15) is 40.0 Å². The van der Waals surface area contributed by atoms with Gasteiger partial charge in [0.2, 0.25) is 0 Å². The van der Waals surface area contributed by atoms with Gasteiger partial charge in [-0.05, 0) is 58.0 Å². The van der Waals surface area contributed by atoms with Gasteiger partial charge in [-0.1, -0.05) is 6.92 Å². The van der Waals surface area contributed by atoms with Crippen LogP contribution in [0, 0.1) is 11.8 Å². The fourth-order valence-electron chi connectivity index (χ4n) is 2.17. The maximum atomic E-state index is 11.7. The summed E-state index contributed by atoms with van der Waals surface area (Å²) in [6, 6.07) is 0. The van der Waals surface area contributed by atoms with Gasteiger partial charge in [0.05, 0.1) is 11.0 Å². The first-order valence-electron chi connectivity index (χ1n) is 6.39. The molecule has 0 saturated heterocycles. The van der Waals surface area contributed by atoms with E-state index in [0.717, 1.165) is 19.5 Å². The first-order chi connectivity index (χ1) is 7.47. The van der Waals surface area contributed by atoms with E-state index in [-0.39, 0.29) is 5.25 Å². The summed E-state index contributed by atoms with van der Waals surface area (Å²) in [4.78, 5) is 0. The zero-order chi connectivity index (χ0) is 12.2. The van der Waals surface area contributed by atoms with Crippen molar-refractivity contribution in [3.05, 3.63) is 0 Å². The molecule has 0 radical (unpaired) electrons. The minimum absolute atomic E-state index is 0.222. The first kappa shape index (κ1) is 14.0. The molecular formula is C12H25NO2S. The lowest BCUT2D eigenvalue weighted by atomic mass is 9.72. The zero-order valence-electron chi connectivity index (χ0n) is 10.7. The van der Waals surface area contributed by atoms with Crippen LogP contribution in [0.3, 0.4) is 0 Å². The summed E-state index contributed by atoms with van der Waals surface area (Å²) in [5, 5.41) is 3.13. The number of hydrogen-bond donors (Lipinski definition) is 1. The van der Waals surface area contributed by atoms with E-state index in [4.69, 9.17) is 0 Å². The molecule has 1 N–H and O–H groups in total. The van der Waals surface area contributed by atoms with E-state index < -0.39 is 9.84 Å². The first-order valence-corrected chi connectivity index (χ1v) is 8.11. The minimum atomic E-state index is -2.83. The summed E-state index contributed by atoms with van der Waals surface area (Å²) in [5.41, 5.74) is 0. The lowest BCUT2D eigenvalue weighted by Gasteiger charge is -2.37. The van der Waals surface area contributed by atoms with Gasteiger partial charge in [-0.15, -0.1) is 0 Å². The summed E-state index contributed by atoms with van der Waals surface area (Å²) in [5.74, 6) is 1.72. The molecule has 1 aliphatic carbocycles. The summed E-state index contributed by atoms with van der Waals surface area (Å²) in [6.45, 7) is 7.71. The highest BCUT2D eigenvalue weighted by Crippen LogP contribution is 2.36. The standard InChI is InChI=1S/C12H25NO2S/c1-4-13-9-12-6-5-11(12)7-8-16(14,15)10(2)3/h10-13H,4-9H2,1-3H3. The molecular weight excluding hydrogens is 222 g/mol. The molecule has 0 heterocycles. The molecule has 96 valence electrons. The van der Waals surface area contributed by atoms with Crippen molar-refractivity contribution in [2.45, 2.75) is 45.3 Å². The van der Waals surface area contributed by atoms with Crippen LogP contribution in [0.4, 0.5) is 0 Å². The molecule has 0 amide bonds. The zero-order valence-corrected chi connectivity index (χ0v) is 11.5. The fraction of sp³-hybridized carbons (Fsp3) is 1.00. The average Bonchev–Trinajstić information content (AvgIpc) is 2.16. The van der Waals surface area contributed by atoms with E-state index in [2.05, 4.69) is 12.2 Å². The minimum Gasteiger partial charge on any atom is -0.317 e. The summed E-state index contributed by atoms with van der Waals surface area (Å²) in [7, 11) is -2.83. The number of hydrogen-bond acceptors (Lipinski definition) is 3. The molecule has 0 spiro atoms. The summed E-state index contributed by atoms with van der Waals surface area (Å²) < 4.78 is 23.4. The lowest BCUT2D eigenvalue weighted by Crippen LogP contribution is -2.36. The molecule has 0 aromatic rings. The molecule has 1 fully saturated rings. The number of nitrogens with one attached hydrogen (secondary N) is 1. The van der Waals surface area contributed by atoms with Crippen LogP contribution in [0.2, 0.25) is 0 Å². The Balaban J connectivity index is 2.28. The summed E-state index contributed by atoms with van der Waals surface area (Å²) in [6.07, 6.45) is 3.33. The molecule has 0 bridgehead atoms. The third-order valence-corrected chi connectivity index (χ3v) is 5.96. The van der Waals surface area contributed by atoms with Gasteiger partial charge >= 0.3 is 0 Å².